The molecule has 0 fully saturated rings. The first-order valence-corrected chi connectivity index (χ1v) is 4.34. The van der Waals surface area contributed by atoms with Crippen molar-refractivity contribution >= 4 is 11.9 Å². The number of benzene rings is 1. The van der Waals surface area contributed by atoms with Gasteiger partial charge in [0.1, 0.15) is 11.4 Å². The molecule has 2 aromatic rings. The van der Waals surface area contributed by atoms with Crippen LogP contribution >= 0.6 is 0 Å². The summed E-state index contributed by atoms with van der Waals surface area (Å²) in [6.07, 6.45) is 0. The number of methoxy groups -OCH3 is 1. The topological polar surface area (TPSA) is 92.0 Å². The van der Waals surface area contributed by atoms with Crippen LogP contribution in [0.15, 0.2) is 24.3 Å². The Morgan fingerprint density at radius 3 is 2.60 bits per heavy atom. The summed E-state index contributed by atoms with van der Waals surface area (Å²) < 4.78 is 6.62. The van der Waals surface area contributed by atoms with Crippen molar-refractivity contribution in [2.45, 2.75) is 0 Å². The summed E-state index contributed by atoms with van der Waals surface area (Å²) in [5, 5.41) is 3.97. The summed E-state index contributed by atoms with van der Waals surface area (Å²) in [4.78, 5) is 3.81. The molecule has 2 rings (SSSR count). The van der Waals surface area contributed by atoms with Gasteiger partial charge in [-0.1, -0.05) is 12.1 Å². The SMILES string of the molecule is COc1ccccc1-n1nc(N)nc1N. The molecule has 1 heterocycles. The lowest BCUT2D eigenvalue weighted by Crippen LogP contribution is -2.04. The van der Waals surface area contributed by atoms with Gasteiger partial charge < -0.3 is 16.2 Å². The lowest BCUT2D eigenvalue weighted by atomic mass is 10.3. The number of aromatic nitrogens is 3. The largest absolute Gasteiger partial charge is 0.494 e. The van der Waals surface area contributed by atoms with Crippen molar-refractivity contribution in [3.8, 4) is 11.4 Å². The van der Waals surface area contributed by atoms with Crippen LogP contribution < -0.4 is 16.2 Å². The van der Waals surface area contributed by atoms with E-state index in [1.807, 2.05) is 24.3 Å². The monoisotopic (exact) mass is 205 g/mol. The zero-order valence-electron chi connectivity index (χ0n) is 8.21. The second-order valence-electron chi connectivity index (χ2n) is 2.91. The summed E-state index contributed by atoms with van der Waals surface area (Å²) in [6.45, 7) is 0. The molecule has 78 valence electrons. The smallest absolute Gasteiger partial charge is 0.241 e. The minimum Gasteiger partial charge on any atom is -0.494 e. The van der Waals surface area contributed by atoms with E-state index < -0.39 is 0 Å². The fraction of sp³-hybridized carbons (Fsp3) is 0.111. The number of hydrogen-bond acceptors (Lipinski definition) is 5. The van der Waals surface area contributed by atoms with E-state index in [1.165, 1.54) is 4.68 Å². The Morgan fingerprint density at radius 1 is 1.27 bits per heavy atom. The van der Waals surface area contributed by atoms with Crippen molar-refractivity contribution in [1.82, 2.24) is 14.8 Å². The standard InChI is InChI=1S/C9H11N5O/c1-15-7-5-3-2-4-6(7)14-9(11)12-8(10)13-14/h2-5H,1H3,(H4,10,11,12,13). The van der Waals surface area contributed by atoms with E-state index in [0.29, 0.717) is 11.4 Å². The predicted molar refractivity (Wildman–Crippen MR) is 56.7 cm³/mol. The minimum atomic E-state index is 0.137. The molecule has 0 saturated heterocycles. The van der Waals surface area contributed by atoms with Gasteiger partial charge in [0, 0.05) is 0 Å². The van der Waals surface area contributed by atoms with Gasteiger partial charge in [0.2, 0.25) is 11.9 Å². The van der Waals surface area contributed by atoms with Gasteiger partial charge >= 0.3 is 0 Å². The second kappa shape index (κ2) is 3.49. The van der Waals surface area contributed by atoms with Crippen LogP contribution in [0.1, 0.15) is 0 Å². The van der Waals surface area contributed by atoms with Crippen molar-refractivity contribution in [1.29, 1.82) is 0 Å². The lowest BCUT2D eigenvalue weighted by Gasteiger charge is -2.07. The van der Waals surface area contributed by atoms with E-state index in [-0.39, 0.29) is 11.9 Å². The maximum atomic E-state index is 5.65. The fourth-order valence-electron chi connectivity index (χ4n) is 1.32. The summed E-state index contributed by atoms with van der Waals surface area (Å²) in [5.74, 6) is 1.03. The number of anilines is 2. The Hall–Kier alpha value is -2.24. The van der Waals surface area contributed by atoms with Crippen LogP contribution in [0.3, 0.4) is 0 Å². The number of nitrogens with two attached hydrogens (primary N) is 2. The lowest BCUT2D eigenvalue weighted by molar-refractivity contribution is 0.412. The summed E-state index contributed by atoms with van der Waals surface area (Å²) >= 11 is 0. The number of nitrogens with zero attached hydrogens (tertiary/aromatic N) is 3. The van der Waals surface area contributed by atoms with Crippen LogP contribution in [0.4, 0.5) is 11.9 Å². The molecule has 0 saturated carbocycles. The van der Waals surface area contributed by atoms with Gasteiger partial charge in [0.15, 0.2) is 0 Å². The number of hydrogen-bond donors (Lipinski definition) is 2. The molecule has 15 heavy (non-hydrogen) atoms. The van der Waals surface area contributed by atoms with Crippen LogP contribution in [0.5, 0.6) is 5.75 Å². The van der Waals surface area contributed by atoms with Crippen molar-refractivity contribution in [2.75, 3.05) is 18.6 Å². The van der Waals surface area contributed by atoms with Crippen LogP contribution in [0, 0.1) is 0 Å². The molecule has 4 N–H and O–H groups in total. The average Bonchev–Trinajstić information content (AvgIpc) is 2.57. The molecule has 1 aromatic carbocycles. The van der Waals surface area contributed by atoms with Crippen molar-refractivity contribution < 1.29 is 4.74 Å². The molecule has 6 heteroatoms. The molecule has 0 radical (unpaired) electrons. The van der Waals surface area contributed by atoms with Gasteiger partial charge in [0.05, 0.1) is 7.11 Å². The first kappa shape index (κ1) is 9.32. The van der Waals surface area contributed by atoms with E-state index >= 15 is 0 Å². The molecule has 6 nitrogen and oxygen atoms in total. The van der Waals surface area contributed by atoms with Crippen molar-refractivity contribution in [3.63, 3.8) is 0 Å². The van der Waals surface area contributed by atoms with Gasteiger partial charge in [0.25, 0.3) is 0 Å². The Morgan fingerprint density at radius 2 is 2.00 bits per heavy atom. The predicted octanol–water partition coefficient (Wildman–Crippen LogP) is 0.440. The third kappa shape index (κ3) is 1.56. The zero-order valence-corrected chi connectivity index (χ0v) is 8.21. The van der Waals surface area contributed by atoms with E-state index in [1.54, 1.807) is 7.11 Å². The normalized spacial score (nSPS) is 10.2. The van der Waals surface area contributed by atoms with Crippen LogP contribution in [0.2, 0.25) is 0 Å². The zero-order chi connectivity index (χ0) is 10.8. The second-order valence-corrected chi connectivity index (χ2v) is 2.91. The molecule has 0 aliphatic carbocycles. The van der Waals surface area contributed by atoms with E-state index in [9.17, 15) is 0 Å². The summed E-state index contributed by atoms with van der Waals surface area (Å²) in [6, 6.07) is 7.35. The van der Waals surface area contributed by atoms with Crippen molar-refractivity contribution in [3.05, 3.63) is 24.3 Å². The van der Waals surface area contributed by atoms with Gasteiger partial charge in [-0.05, 0) is 12.1 Å². The molecule has 0 atom stereocenters. The Labute approximate surface area is 86.5 Å². The third-order valence-electron chi connectivity index (χ3n) is 1.96. The first-order valence-electron chi connectivity index (χ1n) is 4.34. The number of nitrogen functional groups attached to an aromatic ring is 2. The minimum absolute atomic E-state index is 0.137. The molecule has 0 aliphatic heterocycles. The van der Waals surface area contributed by atoms with Crippen LogP contribution in [-0.4, -0.2) is 21.9 Å². The Kier molecular flexibility index (Phi) is 2.17. The highest BCUT2D eigenvalue weighted by Crippen LogP contribution is 2.23. The van der Waals surface area contributed by atoms with Gasteiger partial charge in [-0.25, -0.2) is 0 Å². The summed E-state index contributed by atoms with van der Waals surface area (Å²) in [7, 11) is 1.58. The fourth-order valence-corrected chi connectivity index (χ4v) is 1.32. The van der Waals surface area contributed by atoms with Gasteiger partial charge in [-0.15, -0.1) is 5.10 Å². The summed E-state index contributed by atoms with van der Waals surface area (Å²) in [5.41, 5.74) is 11.8. The van der Waals surface area contributed by atoms with E-state index in [0.717, 1.165) is 0 Å². The molecule has 0 bridgehead atoms. The Bertz CT molecular complexity index is 479. The molecule has 0 unspecified atom stereocenters. The third-order valence-corrected chi connectivity index (χ3v) is 1.96. The average molecular weight is 205 g/mol. The number of ether oxygens (including phenoxy) is 1. The highest BCUT2D eigenvalue weighted by molar-refractivity contribution is 5.50. The van der Waals surface area contributed by atoms with E-state index in [4.69, 9.17) is 16.2 Å². The Balaban J connectivity index is 2.58. The molecule has 0 amide bonds. The van der Waals surface area contributed by atoms with Gasteiger partial charge in [-0.3, -0.25) is 0 Å². The molecular formula is C9H11N5O. The first-order chi connectivity index (χ1) is 7.22. The maximum absolute atomic E-state index is 5.65. The van der Waals surface area contributed by atoms with Crippen LogP contribution in [-0.2, 0) is 0 Å². The number of rotatable bonds is 2. The quantitative estimate of drug-likeness (QED) is 0.742. The highest BCUT2D eigenvalue weighted by Gasteiger charge is 2.10. The van der Waals surface area contributed by atoms with Crippen molar-refractivity contribution in [2.24, 2.45) is 0 Å². The highest BCUT2D eigenvalue weighted by atomic mass is 16.5. The molecule has 0 spiro atoms. The van der Waals surface area contributed by atoms with E-state index in [2.05, 4.69) is 10.1 Å². The molecule has 0 aliphatic rings. The number of para-hydroxylation sites is 2. The van der Waals surface area contributed by atoms with Crippen LogP contribution in [0.25, 0.3) is 5.69 Å². The molecule has 1 aromatic heterocycles. The van der Waals surface area contributed by atoms with Gasteiger partial charge in [-0.2, -0.15) is 9.67 Å². The maximum Gasteiger partial charge on any atom is 0.241 e. The molecular weight excluding hydrogens is 194 g/mol.